The van der Waals surface area contributed by atoms with E-state index in [1.54, 1.807) is 12.5 Å². The normalized spacial score (nSPS) is 11.5. The van der Waals surface area contributed by atoms with Crippen molar-refractivity contribution in [2.45, 2.75) is 33.6 Å². The molecule has 0 aliphatic heterocycles. The molecule has 0 spiro atoms. The van der Waals surface area contributed by atoms with Crippen LogP contribution in [0, 0.1) is 5.41 Å². The molecule has 0 aliphatic rings. The lowest BCUT2D eigenvalue weighted by Crippen LogP contribution is -2.21. The number of imidazole rings is 1. The van der Waals surface area contributed by atoms with Gasteiger partial charge in [0.15, 0.2) is 0 Å². The highest BCUT2D eigenvalue weighted by Crippen LogP contribution is 2.23. The van der Waals surface area contributed by atoms with Crippen molar-refractivity contribution < 1.29 is 4.74 Å². The Labute approximate surface area is 113 Å². The number of hydrogen-bond donors (Lipinski definition) is 0. The topological polar surface area (TPSA) is 52.8 Å². The van der Waals surface area contributed by atoms with Crippen LogP contribution in [-0.2, 0) is 0 Å². The van der Waals surface area contributed by atoms with E-state index in [9.17, 15) is 0 Å². The molecule has 0 saturated heterocycles. The quantitative estimate of drug-likeness (QED) is 0.801. The van der Waals surface area contributed by atoms with E-state index < -0.39 is 0 Å². The third-order valence-electron chi connectivity index (χ3n) is 2.93. The van der Waals surface area contributed by atoms with Gasteiger partial charge in [-0.2, -0.15) is 0 Å². The molecular formula is C14H20N4O. The number of aromatic nitrogens is 4. The van der Waals surface area contributed by atoms with Gasteiger partial charge in [-0.3, -0.25) is 4.57 Å². The number of nitrogens with zero attached hydrogens (tertiary/aromatic N) is 4. The average molecular weight is 260 g/mol. The smallest absolute Gasteiger partial charge is 0.218 e. The van der Waals surface area contributed by atoms with Gasteiger partial charge in [-0.15, -0.1) is 0 Å². The van der Waals surface area contributed by atoms with E-state index in [-0.39, 0.29) is 5.41 Å². The Hall–Kier alpha value is -1.91. The summed E-state index contributed by atoms with van der Waals surface area (Å²) in [5, 5.41) is 0. The lowest BCUT2D eigenvalue weighted by atomic mass is 9.89. The summed E-state index contributed by atoms with van der Waals surface area (Å²) in [7, 11) is 0. The van der Waals surface area contributed by atoms with E-state index in [1.165, 1.54) is 6.33 Å². The molecule has 0 atom stereocenters. The molecule has 0 amide bonds. The van der Waals surface area contributed by atoms with Crippen molar-refractivity contribution in [2.24, 2.45) is 5.41 Å². The van der Waals surface area contributed by atoms with Crippen LogP contribution in [-0.4, -0.2) is 26.1 Å². The summed E-state index contributed by atoms with van der Waals surface area (Å²) in [4.78, 5) is 12.3. The van der Waals surface area contributed by atoms with Crippen molar-refractivity contribution in [1.29, 1.82) is 0 Å². The van der Waals surface area contributed by atoms with E-state index in [0.29, 0.717) is 12.5 Å². The zero-order valence-corrected chi connectivity index (χ0v) is 11.7. The Bertz CT molecular complexity index is 508. The van der Waals surface area contributed by atoms with Crippen LogP contribution < -0.4 is 4.74 Å². The van der Waals surface area contributed by atoms with Gasteiger partial charge in [-0.25, -0.2) is 15.0 Å². The molecule has 2 aromatic heterocycles. The van der Waals surface area contributed by atoms with Gasteiger partial charge in [-0.1, -0.05) is 27.2 Å². The molecule has 0 radical (unpaired) electrons. The fourth-order valence-electron chi connectivity index (χ4n) is 1.96. The van der Waals surface area contributed by atoms with Crippen molar-refractivity contribution >= 4 is 0 Å². The van der Waals surface area contributed by atoms with Gasteiger partial charge >= 0.3 is 0 Å². The van der Waals surface area contributed by atoms with Gasteiger partial charge in [0, 0.05) is 18.5 Å². The van der Waals surface area contributed by atoms with Gasteiger partial charge < -0.3 is 4.74 Å². The molecule has 0 N–H and O–H groups in total. The summed E-state index contributed by atoms with van der Waals surface area (Å²) in [6, 6.07) is 1.82. The molecule has 2 rings (SSSR count). The molecule has 5 nitrogen and oxygen atoms in total. The molecule has 19 heavy (non-hydrogen) atoms. The predicted molar refractivity (Wildman–Crippen MR) is 73.3 cm³/mol. The highest BCUT2D eigenvalue weighted by molar-refractivity contribution is 5.26. The lowest BCUT2D eigenvalue weighted by Gasteiger charge is -2.23. The van der Waals surface area contributed by atoms with Crippen LogP contribution in [0.2, 0.25) is 0 Å². The fraction of sp³-hybridized carbons (Fsp3) is 0.500. The Morgan fingerprint density at radius 1 is 1.32 bits per heavy atom. The predicted octanol–water partition coefficient (Wildman–Crippen LogP) is 2.87. The van der Waals surface area contributed by atoms with E-state index >= 15 is 0 Å². The molecule has 0 fully saturated rings. The van der Waals surface area contributed by atoms with Crippen LogP contribution in [0.1, 0.15) is 33.6 Å². The Morgan fingerprint density at radius 2 is 2.16 bits per heavy atom. The molecular weight excluding hydrogens is 240 g/mol. The first-order valence-electron chi connectivity index (χ1n) is 6.54. The minimum atomic E-state index is 0.162. The molecule has 0 aliphatic carbocycles. The second-order valence-electron chi connectivity index (χ2n) is 5.39. The van der Waals surface area contributed by atoms with Crippen molar-refractivity contribution in [3.63, 3.8) is 0 Å². The van der Waals surface area contributed by atoms with Crippen molar-refractivity contribution in [3.8, 4) is 11.7 Å². The molecule has 0 saturated carbocycles. The van der Waals surface area contributed by atoms with Crippen LogP contribution in [0.4, 0.5) is 0 Å². The number of ether oxygens (including phenoxy) is 1. The second kappa shape index (κ2) is 5.82. The summed E-state index contributed by atoms with van der Waals surface area (Å²) in [6.07, 6.45) is 9.05. The first-order chi connectivity index (χ1) is 9.11. The zero-order valence-electron chi connectivity index (χ0n) is 11.7. The minimum absolute atomic E-state index is 0.162. The molecule has 0 bridgehead atoms. The standard InChI is InChI=1S/C14H20N4O/c1-4-5-14(2,3)9-19-13-8-12(16-10-17-13)18-7-6-15-11-18/h6-8,10-11H,4-5,9H2,1-3H3. The van der Waals surface area contributed by atoms with Crippen LogP contribution in [0.5, 0.6) is 5.88 Å². The van der Waals surface area contributed by atoms with Gasteiger partial charge in [-0.05, 0) is 11.8 Å². The molecule has 0 aromatic carbocycles. The molecule has 102 valence electrons. The van der Waals surface area contributed by atoms with Crippen molar-refractivity contribution in [1.82, 2.24) is 19.5 Å². The first kappa shape index (κ1) is 13.5. The third-order valence-corrected chi connectivity index (χ3v) is 2.93. The van der Waals surface area contributed by atoms with E-state index in [0.717, 1.165) is 18.7 Å². The van der Waals surface area contributed by atoms with Gasteiger partial charge in [0.05, 0.1) is 6.61 Å². The summed E-state index contributed by atoms with van der Waals surface area (Å²) >= 11 is 0. The summed E-state index contributed by atoms with van der Waals surface area (Å²) in [5.41, 5.74) is 0.162. The molecule has 2 heterocycles. The molecule has 5 heteroatoms. The summed E-state index contributed by atoms with van der Waals surface area (Å²) in [5.74, 6) is 1.36. The van der Waals surface area contributed by atoms with Crippen LogP contribution in [0.25, 0.3) is 5.82 Å². The Balaban J connectivity index is 2.04. The van der Waals surface area contributed by atoms with Crippen LogP contribution in [0.15, 0.2) is 31.1 Å². The highest BCUT2D eigenvalue weighted by atomic mass is 16.5. The van der Waals surface area contributed by atoms with Crippen LogP contribution in [0.3, 0.4) is 0 Å². The maximum Gasteiger partial charge on any atom is 0.218 e. The average Bonchev–Trinajstić information content (AvgIpc) is 2.91. The number of rotatable bonds is 6. The van der Waals surface area contributed by atoms with E-state index in [1.807, 2.05) is 16.8 Å². The van der Waals surface area contributed by atoms with Gasteiger partial charge in [0.2, 0.25) is 5.88 Å². The lowest BCUT2D eigenvalue weighted by molar-refractivity contribution is 0.163. The first-order valence-corrected chi connectivity index (χ1v) is 6.54. The SMILES string of the molecule is CCCC(C)(C)COc1cc(-n2ccnc2)ncn1. The van der Waals surface area contributed by atoms with Crippen molar-refractivity contribution in [2.75, 3.05) is 6.61 Å². The zero-order chi connectivity index (χ0) is 13.7. The molecule has 2 aromatic rings. The maximum atomic E-state index is 5.78. The second-order valence-corrected chi connectivity index (χ2v) is 5.39. The number of hydrogen-bond acceptors (Lipinski definition) is 4. The molecule has 0 unspecified atom stereocenters. The van der Waals surface area contributed by atoms with Crippen molar-refractivity contribution in [3.05, 3.63) is 31.1 Å². The van der Waals surface area contributed by atoms with Gasteiger partial charge in [0.25, 0.3) is 0 Å². The summed E-state index contributed by atoms with van der Waals surface area (Å²) < 4.78 is 7.60. The minimum Gasteiger partial charge on any atom is -0.477 e. The monoisotopic (exact) mass is 260 g/mol. The summed E-state index contributed by atoms with van der Waals surface area (Å²) in [6.45, 7) is 7.24. The maximum absolute atomic E-state index is 5.78. The largest absolute Gasteiger partial charge is 0.477 e. The van der Waals surface area contributed by atoms with Crippen LogP contribution >= 0.6 is 0 Å². The van der Waals surface area contributed by atoms with E-state index in [2.05, 4.69) is 35.7 Å². The third kappa shape index (κ3) is 3.77. The highest BCUT2D eigenvalue weighted by Gasteiger charge is 2.18. The Kier molecular flexibility index (Phi) is 4.14. The van der Waals surface area contributed by atoms with Gasteiger partial charge in [0.1, 0.15) is 18.5 Å². The Morgan fingerprint density at radius 3 is 2.84 bits per heavy atom. The van der Waals surface area contributed by atoms with E-state index in [4.69, 9.17) is 4.74 Å². The fourth-order valence-corrected chi connectivity index (χ4v) is 1.96.